The maximum atomic E-state index is 12.4. The van der Waals surface area contributed by atoms with Crippen LogP contribution in [0.5, 0.6) is 0 Å². The molecule has 2 aromatic rings. The zero-order valence-corrected chi connectivity index (χ0v) is 15.6. The predicted molar refractivity (Wildman–Crippen MR) is 100 cm³/mol. The Morgan fingerprint density at radius 3 is 2.79 bits per heavy atom. The van der Waals surface area contributed by atoms with Gasteiger partial charge in [0.05, 0.1) is 5.75 Å². The number of nitrogens with one attached hydrogen (secondary N) is 1. The normalized spacial score (nSPS) is 14.8. The van der Waals surface area contributed by atoms with Crippen molar-refractivity contribution in [3.63, 3.8) is 0 Å². The largest absolute Gasteiger partial charge is 0.368 e. The third-order valence-electron chi connectivity index (χ3n) is 3.75. The summed E-state index contributed by atoms with van der Waals surface area (Å²) < 4.78 is 0.810. The zero-order chi connectivity index (χ0) is 16.9. The number of nitrogens with zero attached hydrogens (tertiary/aromatic N) is 4. The Labute approximate surface area is 154 Å². The van der Waals surface area contributed by atoms with Crippen molar-refractivity contribution in [3.05, 3.63) is 29.3 Å². The third-order valence-corrected chi connectivity index (χ3v) is 6.04. The SMILES string of the molecule is CNc1nnc(SCC(=O)N2CCN(c3cccc(Cl)c3)CC2)s1. The van der Waals surface area contributed by atoms with Crippen molar-refractivity contribution in [1.82, 2.24) is 15.1 Å². The molecule has 0 unspecified atom stereocenters. The molecule has 3 rings (SSSR count). The molecule has 0 aliphatic carbocycles. The summed E-state index contributed by atoms with van der Waals surface area (Å²) in [5, 5.41) is 12.5. The van der Waals surface area contributed by atoms with E-state index in [-0.39, 0.29) is 5.91 Å². The summed E-state index contributed by atoms with van der Waals surface area (Å²) in [6.07, 6.45) is 0. The molecule has 1 fully saturated rings. The summed E-state index contributed by atoms with van der Waals surface area (Å²) in [6.45, 7) is 3.09. The lowest BCUT2D eigenvalue weighted by atomic mass is 10.2. The van der Waals surface area contributed by atoms with Gasteiger partial charge in [0.1, 0.15) is 0 Å². The van der Waals surface area contributed by atoms with Gasteiger partial charge in [0.15, 0.2) is 4.34 Å². The Bertz CT molecular complexity index is 703. The average molecular weight is 384 g/mol. The molecular weight excluding hydrogens is 366 g/mol. The van der Waals surface area contributed by atoms with E-state index in [4.69, 9.17) is 11.6 Å². The van der Waals surface area contributed by atoms with Crippen molar-refractivity contribution >= 4 is 51.4 Å². The van der Waals surface area contributed by atoms with E-state index < -0.39 is 0 Å². The first-order chi connectivity index (χ1) is 11.7. The highest BCUT2D eigenvalue weighted by atomic mass is 35.5. The molecule has 1 saturated heterocycles. The van der Waals surface area contributed by atoms with Crippen molar-refractivity contribution < 1.29 is 4.79 Å². The Morgan fingerprint density at radius 2 is 2.12 bits per heavy atom. The Kier molecular flexibility index (Phi) is 5.80. The fraction of sp³-hybridized carbons (Fsp3) is 0.400. The van der Waals surface area contributed by atoms with Gasteiger partial charge in [0.25, 0.3) is 0 Å². The monoisotopic (exact) mass is 383 g/mol. The van der Waals surface area contributed by atoms with E-state index in [1.165, 1.54) is 23.1 Å². The van der Waals surface area contributed by atoms with Crippen LogP contribution in [-0.4, -0.2) is 60.0 Å². The lowest BCUT2D eigenvalue weighted by molar-refractivity contribution is -0.128. The number of hydrogen-bond acceptors (Lipinski definition) is 7. The van der Waals surface area contributed by atoms with Gasteiger partial charge in [-0.15, -0.1) is 10.2 Å². The number of anilines is 2. The molecule has 1 aromatic heterocycles. The molecule has 9 heteroatoms. The van der Waals surface area contributed by atoms with E-state index in [1.807, 2.05) is 29.2 Å². The summed E-state index contributed by atoms with van der Waals surface area (Å²) in [4.78, 5) is 16.5. The standard InChI is InChI=1S/C15H18ClN5OS2/c1-17-14-18-19-15(24-14)23-10-13(22)21-7-5-20(6-8-21)12-4-2-3-11(16)9-12/h2-4,9H,5-8,10H2,1H3,(H,17,18). The topological polar surface area (TPSA) is 61.4 Å². The van der Waals surface area contributed by atoms with E-state index >= 15 is 0 Å². The average Bonchev–Trinajstić information content (AvgIpc) is 3.08. The smallest absolute Gasteiger partial charge is 0.233 e. The van der Waals surface area contributed by atoms with Crippen molar-refractivity contribution in [2.45, 2.75) is 4.34 Å². The molecule has 1 N–H and O–H groups in total. The second-order valence-corrected chi connectivity index (χ2v) is 7.90. The van der Waals surface area contributed by atoms with Crippen molar-refractivity contribution in [2.75, 3.05) is 49.2 Å². The van der Waals surface area contributed by atoms with Crippen LogP contribution in [0.15, 0.2) is 28.6 Å². The highest BCUT2D eigenvalue weighted by Gasteiger charge is 2.21. The molecule has 0 bridgehead atoms. The van der Waals surface area contributed by atoms with Gasteiger partial charge in [-0.2, -0.15) is 0 Å². The van der Waals surface area contributed by atoms with Crippen LogP contribution < -0.4 is 10.2 Å². The van der Waals surface area contributed by atoms with Crippen LogP contribution >= 0.6 is 34.7 Å². The van der Waals surface area contributed by atoms with Crippen molar-refractivity contribution in [2.24, 2.45) is 0 Å². The summed E-state index contributed by atoms with van der Waals surface area (Å²) in [5.74, 6) is 0.544. The molecule has 128 valence electrons. The van der Waals surface area contributed by atoms with Crippen LogP contribution in [0.2, 0.25) is 5.02 Å². The van der Waals surface area contributed by atoms with Crippen LogP contribution in [0.25, 0.3) is 0 Å². The van der Waals surface area contributed by atoms with Crippen molar-refractivity contribution in [3.8, 4) is 0 Å². The van der Waals surface area contributed by atoms with Gasteiger partial charge in [-0.3, -0.25) is 4.79 Å². The Hall–Kier alpha value is -1.51. The lowest BCUT2D eigenvalue weighted by Crippen LogP contribution is -2.49. The molecule has 0 spiro atoms. The quantitative estimate of drug-likeness (QED) is 0.801. The summed E-state index contributed by atoms with van der Waals surface area (Å²) in [7, 11) is 1.81. The molecule has 0 atom stereocenters. The van der Waals surface area contributed by atoms with E-state index in [0.717, 1.165) is 46.4 Å². The van der Waals surface area contributed by atoms with E-state index in [1.54, 1.807) is 7.05 Å². The van der Waals surface area contributed by atoms with E-state index in [2.05, 4.69) is 20.4 Å². The number of carbonyl (C=O) groups is 1. The highest BCUT2D eigenvalue weighted by molar-refractivity contribution is 8.01. The van der Waals surface area contributed by atoms with Gasteiger partial charge < -0.3 is 15.1 Å². The molecule has 1 aromatic carbocycles. The minimum absolute atomic E-state index is 0.145. The van der Waals surface area contributed by atoms with Crippen LogP contribution in [0.3, 0.4) is 0 Å². The third kappa shape index (κ3) is 4.31. The molecule has 0 radical (unpaired) electrons. The number of amides is 1. The molecular formula is C15H18ClN5OS2. The molecule has 1 amide bonds. The summed E-state index contributed by atoms with van der Waals surface area (Å²) in [5.41, 5.74) is 1.11. The number of carbonyl (C=O) groups excluding carboxylic acids is 1. The fourth-order valence-electron chi connectivity index (χ4n) is 2.47. The molecule has 1 aliphatic rings. The first kappa shape index (κ1) is 17.3. The lowest BCUT2D eigenvalue weighted by Gasteiger charge is -2.36. The van der Waals surface area contributed by atoms with Gasteiger partial charge in [-0.05, 0) is 18.2 Å². The number of piperazine rings is 1. The second-order valence-electron chi connectivity index (χ2n) is 5.26. The van der Waals surface area contributed by atoms with Crippen molar-refractivity contribution in [1.29, 1.82) is 0 Å². The minimum atomic E-state index is 0.145. The number of thioether (sulfide) groups is 1. The highest BCUT2D eigenvalue weighted by Crippen LogP contribution is 2.26. The van der Waals surface area contributed by atoms with Gasteiger partial charge >= 0.3 is 0 Å². The Morgan fingerprint density at radius 1 is 1.33 bits per heavy atom. The fourth-order valence-corrected chi connectivity index (χ4v) is 4.26. The maximum Gasteiger partial charge on any atom is 0.233 e. The molecule has 2 heterocycles. The first-order valence-corrected chi connectivity index (χ1v) is 9.76. The minimum Gasteiger partial charge on any atom is -0.368 e. The van der Waals surface area contributed by atoms with Gasteiger partial charge in [0, 0.05) is 43.9 Å². The molecule has 6 nitrogen and oxygen atoms in total. The van der Waals surface area contributed by atoms with Gasteiger partial charge in [-0.25, -0.2) is 0 Å². The summed E-state index contributed by atoms with van der Waals surface area (Å²) >= 11 is 8.95. The Balaban J connectivity index is 1.48. The number of halogens is 1. The second kappa shape index (κ2) is 8.04. The number of benzene rings is 1. The first-order valence-electron chi connectivity index (χ1n) is 7.58. The zero-order valence-electron chi connectivity index (χ0n) is 13.2. The van der Waals surface area contributed by atoms with Crippen LogP contribution in [0.1, 0.15) is 0 Å². The number of hydrogen-bond donors (Lipinski definition) is 1. The predicted octanol–water partition coefficient (Wildman–Crippen LogP) is 2.67. The van der Waals surface area contributed by atoms with Gasteiger partial charge in [0.2, 0.25) is 11.0 Å². The van der Waals surface area contributed by atoms with Crippen LogP contribution in [0, 0.1) is 0 Å². The van der Waals surface area contributed by atoms with Crippen LogP contribution in [-0.2, 0) is 4.79 Å². The molecule has 24 heavy (non-hydrogen) atoms. The number of aromatic nitrogens is 2. The molecule has 0 saturated carbocycles. The summed E-state index contributed by atoms with van der Waals surface area (Å²) in [6, 6.07) is 7.83. The van der Waals surface area contributed by atoms with E-state index in [9.17, 15) is 4.79 Å². The van der Waals surface area contributed by atoms with Crippen LogP contribution in [0.4, 0.5) is 10.8 Å². The maximum absolute atomic E-state index is 12.4. The van der Waals surface area contributed by atoms with Gasteiger partial charge in [-0.1, -0.05) is 40.8 Å². The number of rotatable bonds is 5. The molecule has 1 aliphatic heterocycles. The van der Waals surface area contributed by atoms with E-state index in [0.29, 0.717) is 5.75 Å².